The van der Waals surface area contributed by atoms with Crippen molar-refractivity contribution in [3.8, 4) is 5.75 Å². The molecule has 5 heteroatoms. The number of hydrogen-bond acceptors (Lipinski definition) is 3. The molecular formula is C20H31ClN2O2. The first-order chi connectivity index (χ1) is 11.4. The van der Waals surface area contributed by atoms with Gasteiger partial charge in [0, 0.05) is 5.92 Å². The predicted molar refractivity (Wildman–Crippen MR) is 104 cm³/mol. The van der Waals surface area contributed by atoms with E-state index in [9.17, 15) is 4.79 Å². The van der Waals surface area contributed by atoms with Crippen LogP contribution in [0.25, 0.3) is 0 Å². The molecule has 1 heterocycles. The first-order valence-electron chi connectivity index (χ1n) is 9.13. The maximum Gasteiger partial charge on any atom is 0.223 e. The molecule has 1 amide bonds. The number of ether oxygens (including phenoxy) is 1. The van der Waals surface area contributed by atoms with Crippen molar-refractivity contribution in [2.24, 2.45) is 11.3 Å². The van der Waals surface area contributed by atoms with Gasteiger partial charge in [0.25, 0.3) is 0 Å². The average molecular weight is 367 g/mol. The Hall–Kier alpha value is -1.26. The summed E-state index contributed by atoms with van der Waals surface area (Å²) < 4.78 is 5.80. The summed E-state index contributed by atoms with van der Waals surface area (Å²) in [5.41, 5.74) is 1.68. The van der Waals surface area contributed by atoms with Crippen molar-refractivity contribution in [2.45, 2.75) is 45.4 Å². The highest BCUT2D eigenvalue weighted by Gasteiger charge is 2.57. The second-order valence-electron chi connectivity index (χ2n) is 8.29. The molecule has 4 nitrogen and oxygen atoms in total. The van der Waals surface area contributed by atoms with Crippen LogP contribution >= 0.6 is 12.4 Å². The fourth-order valence-electron chi connectivity index (χ4n) is 3.71. The minimum atomic E-state index is 0. The van der Waals surface area contributed by atoms with E-state index in [0.29, 0.717) is 18.6 Å². The van der Waals surface area contributed by atoms with Gasteiger partial charge >= 0.3 is 0 Å². The number of nitrogens with one attached hydrogen (secondary N) is 2. The summed E-state index contributed by atoms with van der Waals surface area (Å²) in [6, 6.07) is 8.22. The Balaban J connectivity index is 0.00000225. The van der Waals surface area contributed by atoms with Gasteiger partial charge in [-0.2, -0.15) is 0 Å². The first-order valence-corrected chi connectivity index (χ1v) is 9.13. The minimum Gasteiger partial charge on any atom is -0.492 e. The van der Waals surface area contributed by atoms with Crippen LogP contribution in [0.4, 0.5) is 0 Å². The van der Waals surface area contributed by atoms with Crippen molar-refractivity contribution in [3.05, 3.63) is 29.8 Å². The number of halogens is 1. The molecule has 1 aromatic carbocycles. The van der Waals surface area contributed by atoms with Crippen molar-refractivity contribution >= 4 is 18.3 Å². The molecule has 1 spiro atoms. The highest BCUT2D eigenvalue weighted by atomic mass is 35.5. The van der Waals surface area contributed by atoms with Crippen LogP contribution in [0, 0.1) is 11.3 Å². The average Bonchev–Trinajstić information content (AvgIpc) is 3.25. The van der Waals surface area contributed by atoms with E-state index in [2.05, 4.69) is 43.5 Å². The lowest BCUT2D eigenvalue weighted by Gasteiger charge is -2.23. The number of piperidine rings is 1. The molecule has 2 N–H and O–H groups in total. The molecule has 0 bridgehead atoms. The standard InChI is InChI=1S/C20H30N2O2.ClH/c1-19(2,3)15-5-4-6-16(13-15)24-12-11-22-18(23)17-14-20(17)7-9-21-10-8-20;/h4-6,13,17,21H,7-12,14H2,1-3H3,(H,22,23);1H. The van der Waals surface area contributed by atoms with E-state index in [1.807, 2.05) is 12.1 Å². The first kappa shape index (κ1) is 20.1. The summed E-state index contributed by atoms with van der Waals surface area (Å²) in [5.74, 6) is 1.31. The fourth-order valence-corrected chi connectivity index (χ4v) is 3.71. The van der Waals surface area contributed by atoms with Gasteiger partial charge in [0.05, 0.1) is 6.54 Å². The maximum absolute atomic E-state index is 12.3. The van der Waals surface area contributed by atoms with E-state index < -0.39 is 0 Å². The molecule has 2 fully saturated rings. The monoisotopic (exact) mass is 366 g/mol. The molecule has 1 saturated heterocycles. The normalized spacial score (nSPS) is 21.3. The molecule has 1 saturated carbocycles. The van der Waals surface area contributed by atoms with Crippen LogP contribution in [-0.4, -0.2) is 32.1 Å². The summed E-state index contributed by atoms with van der Waals surface area (Å²) in [7, 11) is 0. The molecule has 1 aliphatic carbocycles. The van der Waals surface area contributed by atoms with Crippen molar-refractivity contribution in [3.63, 3.8) is 0 Å². The SMILES string of the molecule is CC(C)(C)c1cccc(OCCNC(=O)C2CC23CCNCC3)c1.Cl. The number of hydrogen-bond donors (Lipinski definition) is 2. The second kappa shape index (κ2) is 7.96. The Morgan fingerprint density at radius 1 is 1.32 bits per heavy atom. The molecule has 1 aromatic rings. The fraction of sp³-hybridized carbons (Fsp3) is 0.650. The van der Waals surface area contributed by atoms with Gasteiger partial charge in [-0.25, -0.2) is 0 Å². The van der Waals surface area contributed by atoms with Gasteiger partial charge < -0.3 is 15.4 Å². The number of carbonyl (C=O) groups excluding carboxylic acids is 1. The number of carbonyl (C=O) groups is 1. The largest absolute Gasteiger partial charge is 0.492 e. The van der Waals surface area contributed by atoms with Gasteiger partial charge in [-0.15, -0.1) is 12.4 Å². The van der Waals surface area contributed by atoms with Gasteiger partial charge in [-0.05, 0) is 60.9 Å². The van der Waals surface area contributed by atoms with Crippen LogP contribution in [0.1, 0.15) is 45.6 Å². The molecule has 25 heavy (non-hydrogen) atoms. The lowest BCUT2D eigenvalue weighted by molar-refractivity contribution is -0.123. The minimum absolute atomic E-state index is 0. The third kappa shape index (κ3) is 4.89. The van der Waals surface area contributed by atoms with Crippen molar-refractivity contribution < 1.29 is 9.53 Å². The molecule has 1 atom stereocenters. The highest BCUT2D eigenvalue weighted by molar-refractivity contribution is 5.85. The van der Waals surface area contributed by atoms with E-state index in [-0.39, 0.29) is 29.6 Å². The van der Waals surface area contributed by atoms with Crippen LogP contribution in [0.2, 0.25) is 0 Å². The Morgan fingerprint density at radius 2 is 2.04 bits per heavy atom. The van der Waals surface area contributed by atoms with Gasteiger partial charge in [0.2, 0.25) is 5.91 Å². The summed E-state index contributed by atoms with van der Waals surface area (Å²) >= 11 is 0. The van der Waals surface area contributed by atoms with E-state index in [1.165, 1.54) is 5.56 Å². The van der Waals surface area contributed by atoms with Gasteiger partial charge in [-0.3, -0.25) is 4.79 Å². The zero-order valence-corrected chi connectivity index (χ0v) is 16.4. The molecule has 0 aromatic heterocycles. The van der Waals surface area contributed by atoms with E-state index >= 15 is 0 Å². The smallest absolute Gasteiger partial charge is 0.223 e. The molecule has 2 aliphatic rings. The summed E-state index contributed by atoms with van der Waals surface area (Å²) in [4.78, 5) is 12.3. The van der Waals surface area contributed by atoms with Crippen molar-refractivity contribution in [1.29, 1.82) is 0 Å². The van der Waals surface area contributed by atoms with E-state index in [4.69, 9.17) is 4.74 Å². The molecular weight excluding hydrogens is 336 g/mol. The quantitative estimate of drug-likeness (QED) is 0.786. The topological polar surface area (TPSA) is 50.4 Å². The van der Waals surface area contributed by atoms with Crippen LogP contribution < -0.4 is 15.4 Å². The van der Waals surface area contributed by atoms with Crippen molar-refractivity contribution in [1.82, 2.24) is 10.6 Å². The van der Waals surface area contributed by atoms with Crippen LogP contribution in [0.3, 0.4) is 0 Å². The zero-order valence-electron chi connectivity index (χ0n) is 15.6. The molecule has 1 aliphatic heterocycles. The van der Waals surface area contributed by atoms with Crippen LogP contribution in [0.5, 0.6) is 5.75 Å². The molecule has 3 rings (SSSR count). The zero-order chi connectivity index (χ0) is 17.2. The Labute approximate surface area is 157 Å². The van der Waals surface area contributed by atoms with Crippen LogP contribution in [-0.2, 0) is 10.2 Å². The third-order valence-corrected chi connectivity index (χ3v) is 5.48. The Kier molecular flexibility index (Phi) is 6.39. The lowest BCUT2D eigenvalue weighted by Crippen LogP contribution is -2.35. The summed E-state index contributed by atoms with van der Waals surface area (Å²) in [6.07, 6.45) is 3.34. The van der Waals surface area contributed by atoms with E-state index in [0.717, 1.165) is 38.1 Å². The Bertz CT molecular complexity index is 592. The van der Waals surface area contributed by atoms with Crippen LogP contribution in [0.15, 0.2) is 24.3 Å². The summed E-state index contributed by atoms with van der Waals surface area (Å²) in [5, 5.41) is 6.42. The van der Waals surface area contributed by atoms with Gasteiger partial charge in [0.15, 0.2) is 0 Å². The molecule has 1 unspecified atom stereocenters. The van der Waals surface area contributed by atoms with Gasteiger partial charge in [0.1, 0.15) is 12.4 Å². The summed E-state index contributed by atoms with van der Waals surface area (Å²) in [6.45, 7) is 9.77. The predicted octanol–water partition coefficient (Wildman–Crippen LogP) is 3.29. The van der Waals surface area contributed by atoms with Gasteiger partial charge in [-0.1, -0.05) is 32.9 Å². The second-order valence-corrected chi connectivity index (χ2v) is 8.29. The maximum atomic E-state index is 12.3. The number of benzene rings is 1. The number of amides is 1. The van der Waals surface area contributed by atoms with E-state index in [1.54, 1.807) is 0 Å². The Morgan fingerprint density at radius 3 is 2.72 bits per heavy atom. The molecule has 140 valence electrons. The van der Waals surface area contributed by atoms with Crippen molar-refractivity contribution in [2.75, 3.05) is 26.2 Å². The highest BCUT2D eigenvalue weighted by Crippen LogP contribution is 2.58. The third-order valence-electron chi connectivity index (χ3n) is 5.48. The lowest BCUT2D eigenvalue weighted by atomic mass is 9.87. The number of rotatable bonds is 5. The molecule has 0 radical (unpaired) electrons.